The first kappa shape index (κ1) is 28.6. The third kappa shape index (κ3) is 5.75. The first-order chi connectivity index (χ1) is 19.3. The van der Waals surface area contributed by atoms with Gasteiger partial charge in [0.15, 0.2) is 4.80 Å². The van der Waals surface area contributed by atoms with Gasteiger partial charge in [0.25, 0.3) is 11.5 Å². The first-order valence-corrected chi connectivity index (χ1v) is 15.4. The summed E-state index contributed by atoms with van der Waals surface area (Å²) < 4.78 is 15.5. The fourth-order valence-corrected chi connectivity index (χ4v) is 7.67. The summed E-state index contributed by atoms with van der Waals surface area (Å²) in [7, 11) is 1.59. The number of halogens is 2. The zero-order chi connectivity index (χ0) is 28.4. The van der Waals surface area contributed by atoms with Crippen molar-refractivity contribution in [2.75, 3.05) is 19.0 Å². The van der Waals surface area contributed by atoms with Gasteiger partial charge in [-0.15, -0.1) is 0 Å². The number of aromatic nitrogens is 1. The van der Waals surface area contributed by atoms with Gasteiger partial charge < -0.3 is 14.8 Å². The van der Waals surface area contributed by atoms with Gasteiger partial charge in [-0.05, 0) is 107 Å². The lowest BCUT2D eigenvalue weighted by Gasteiger charge is -2.25. The number of hydrogen-bond acceptors (Lipinski definition) is 6. The fourth-order valence-electron chi connectivity index (χ4n) is 4.58. The number of amides is 1. The number of anilines is 1. The molecule has 5 rings (SSSR count). The molecule has 0 saturated heterocycles. The number of allylic oxidation sites excluding steroid dienone is 1. The minimum absolute atomic E-state index is 0.231. The molecule has 4 aromatic rings. The topological polar surface area (TPSA) is 81.9 Å². The lowest BCUT2D eigenvalue weighted by Crippen LogP contribution is -2.40. The summed E-state index contributed by atoms with van der Waals surface area (Å²) in [6.45, 7) is 4.25. The number of carbonyl (C=O) groups is 1. The number of para-hydroxylation sites is 1. The molecule has 7 nitrogen and oxygen atoms in total. The summed E-state index contributed by atoms with van der Waals surface area (Å²) in [6.07, 6.45) is 1.85. The number of fused-ring (bicyclic) bond motifs is 1. The molecule has 0 fully saturated rings. The lowest BCUT2D eigenvalue weighted by molar-refractivity contribution is -0.113. The lowest BCUT2D eigenvalue weighted by atomic mass is 9.95. The van der Waals surface area contributed by atoms with E-state index in [1.165, 1.54) is 11.3 Å². The third-order valence-corrected chi connectivity index (χ3v) is 8.73. The van der Waals surface area contributed by atoms with Crippen LogP contribution in [0.1, 0.15) is 31.0 Å². The number of hydrogen-bond donors (Lipinski definition) is 1. The Morgan fingerprint density at radius 3 is 2.62 bits per heavy atom. The molecular formula is C30H25I2N3O4S. The van der Waals surface area contributed by atoms with E-state index >= 15 is 0 Å². The van der Waals surface area contributed by atoms with Crippen LogP contribution in [-0.2, 0) is 4.79 Å². The van der Waals surface area contributed by atoms with E-state index < -0.39 is 6.04 Å². The van der Waals surface area contributed by atoms with Crippen LogP contribution in [0.2, 0.25) is 0 Å². The molecule has 40 heavy (non-hydrogen) atoms. The van der Waals surface area contributed by atoms with Gasteiger partial charge in [-0.2, -0.15) is 0 Å². The van der Waals surface area contributed by atoms with Gasteiger partial charge in [0.2, 0.25) is 0 Å². The Balaban J connectivity index is 1.71. The number of carbonyl (C=O) groups excluding carboxylic acids is 1. The van der Waals surface area contributed by atoms with Crippen LogP contribution in [0.25, 0.3) is 6.08 Å². The highest BCUT2D eigenvalue weighted by Gasteiger charge is 2.33. The second-order valence-electron chi connectivity index (χ2n) is 8.92. The van der Waals surface area contributed by atoms with Crippen molar-refractivity contribution in [3.8, 4) is 11.5 Å². The Hall–Kier alpha value is -2.97. The Labute approximate surface area is 262 Å². The number of benzene rings is 3. The fraction of sp³-hybridized carbons (Fsp3) is 0.167. The van der Waals surface area contributed by atoms with E-state index in [9.17, 15) is 9.59 Å². The van der Waals surface area contributed by atoms with E-state index in [1.807, 2.05) is 79.7 Å². The largest absolute Gasteiger partial charge is 0.497 e. The molecule has 1 atom stereocenters. The molecule has 1 aromatic heterocycles. The van der Waals surface area contributed by atoms with Gasteiger partial charge in [-0.3, -0.25) is 14.2 Å². The molecule has 3 aromatic carbocycles. The van der Waals surface area contributed by atoms with Gasteiger partial charge in [0.1, 0.15) is 11.5 Å². The smallest absolute Gasteiger partial charge is 0.271 e. The Morgan fingerprint density at radius 2 is 1.90 bits per heavy atom. The summed E-state index contributed by atoms with van der Waals surface area (Å²) in [5.74, 6) is 1.05. The predicted octanol–water partition coefficient (Wildman–Crippen LogP) is 5.49. The van der Waals surface area contributed by atoms with Crippen LogP contribution in [0.4, 0.5) is 5.69 Å². The van der Waals surface area contributed by atoms with E-state index in [4.69, 9.17) is 14.5 Å². The average molecular weight is 777 g/mol. The van der Waals surface area contributed by atoms with Crippen molar-refractivity contribution in [1.29, 1.82) is 0 Å². The SMILES string of the molecule is CCOc1c(I)cc(I)cc1/C=c1\sc2n(c1=O)[C@H](c1cccc(OC)c1)C(C(=O)Nc1ccccc1)=C(C)N=2. The minimum Gasteiger partial charge on any atom is -0.497 e. The van der Waals surface area contributed by atoms with Crippen molar-refractivity contribution >= 4 is 74.2 Å². The van der Waals surface area contributed by atoms with Crippen LogP contribution in [0.5, 0.6) is 11.5 Å². The highest BCUT2D eigenvalue weighted by Crippen LogP contribution is 2.33. The number of nitrogens with zero attached hydrogens (tertiary/aromatic N) is 2. The van der Waals surface area contributed by atoms with Crippen LogP contribution in [-0.4, -0.2) is 24.2 Å². The van der Waals surface area contributed by atoms with Gasteiger partial charge in [0.05, 0.1) is 39.1 Å². The second kappa shape index (κ2) is 12.3. The Kier molecular flexibility index (Phi) is 8.76. The van der Waals surface area contributed by atoms with E-state index in [0.717, 1.165) is 24.0 Å². The molecule has 1 aliphatic rings. The molecule has 2 heterocycles. The summed E-state index contributed by atoms with van der Waals surface area (Å²) in [6, 6.07) is 20.0. The number of ether oxygens (including phenoxy) is 2. The number of methoxy groups -OCH3 is 1. The zero-order valence-corrected chi connectivity index (χ0v) is 27.0. The number of rotatable bonds is 7. The standard InChI is InChI=1S/C30H25I2N3O4S/c1-4-39-27-19(13-20(31)16-23(27)32)15-24-29(37)35-26(18-9-8-12-22(14-18)38-3)25(17(2)33-30(35)40-24)28(36)34-21-10-6-5-7-11-21/h5-16,26H,4H2,1-3H3,(H,34,36)/b24-15-/t26-/m1/s1. The van der Waals surface area contributed by atoms with Crippen LogP contribution in [0.3, 0.4) is 0 Å². The van der Waals surface area contributed by atoms with E-state index in [-0.39, 0.29) is 11.5 Å². The predicted molar refractivity (Wildman–Crippen MR) is 175 cm³/mol. The zero-order valence-electron chi connectivity index (χ0n) is 21.9. The molecular weight excluding hydrogens is 752 g/mol. The van der Waals surface area contributed by atoms with Gasteiger partial charge in [0, 0.05) is 14.8 Å². The van der Waals surface area contributed by atoms with Crippen molar-refractivity contribution in [2.24, 2.45) is 4.99 Å². The Bertz CT molecular complexity index is 1810. The quantitative estimate of drug-likeness (QED) is 0.252. The van der Waals surface area contributed by atoms with Crippen LogP contribution >= 0.6 is 56.5 Å². The first-order valence-electron chi connectivity index (χ1n) is 12.5. The highest BCUT2D eigenvalue weighted by molar-refractivity contribution is 14.1. The Morgan fingerprint density at radius 1 is 1.12 bits per heavy atom. The van der Waals surface area contributed by atoms with E-state index in [2.05, 4.69) is 50.5 Å². The number of nitrogens with one attached hydrogen (secondary N) is 1. The minimum atomic E-state index is -0.695. The maximum atomic E-state index is 14.1. The summed E-state index contributed by atoms with van der Waals surface area (Å²) in [5.41, 5.74) is 2.94. The second-order valence-corrected chi connectivity index (χ2v) is 12.3. The van der Waals surface area contributed by atoms with E-state index in [0.29, 0.717) is 38.6 Å². The normalized spacial score (nSPS) is 14.9. The molecule has 204 valence electrons. The molecule has 0 bridgehead atoms. The van der Waals surface area contributed by atoms with Crippen molar-refractivity contribution in [3.63, 3.8) is 0 Å². The van der Waals surface area contributed by atoms with E-state index in [1.54, 1.807) is 18.6 Å². The molecule has 0 spiro atoms. The molecule has 0 saturated carbocycles. The van der Waals surface area contributed by atoms with Crippen LogP contribution < -0.4 is 29.7 Å². The van der Waals surface area contributed by atoms with Crippen molar-refractivity contribution in [3.05, 3.63) is 116 Å². The number of thiazole rings is 1. The molecule has 1 aliphatic heterocycles. The van der Waals surface area contributed by atoms with Crippen LogP contribution in [0.15, 0.2) is 87.8 Å². The van der Waals surface area contributed by atoms with Gasteiger partial charge in [-0.1, -0.05) is 41.7 Å². The molecule has 0 unspecified atom stereocenters. The molecule has 0 radical (unpaired) electrons. The molecule has 0 aliphatic carbocycles. The third-order valence-electron chi connectivity index (χ3n) is 6.32. The summed E-state index contributed by atoms with van der Waals surface area (Å²) in [4.78, 5) is 33.1. The monoisotopic (exact) mass is 777 g/mol. The molecule has 10 heteroatoms. The molecule has 1 N–H and O–H groups in total. The average Bonchev–Trinajstić information content (AvgIpc) is 3.24. The summed E-state index contributed by atoms with van der Waals surface area (Å²) >= 11 is 5.81. The van der Waals surface area contributed by atoms with Crippen molar-refractivity contribution in [2.45, 2.75) is 19.9 Å². The molecule has 1 amide bonds. The van der Waals surface area contributed by atoms with Crippen LogP contribution in [0, 0.1) is 7.14 Å². The maximum absolute atomic E-state index is 14.1. The van der Waals surface area contributed by atoms with Gasteiger partial charge in [-0.25, -0.2) is 4.99 Å². The highest BCUT2D eigenvalue weighted by atomic mass is 127. The van der Waals surface area contributed by atoms with Gasteiger partial charge >= 0.3 is 0 Å². The van der Waals surface area contributed by atoms with Crippen molar-refractivity contribution < 1.29 is 14.3 Å². The van der Waals surface area contributed by atoms with Crippen molar-refractivity contribution in [1.82, 2.24) is 4.57 Å². The summed E-state index contributed by atoms with van der Waals surface area (Å²) in [5, 5.41) is 2.98. The maximum Gasteiger partial charge on any atom is 0.271 e.